The van der Waals surface area contributed by atoms with E-state index in [1.807, 2.05) is 89.5 Å². The quantitative estimate of drug-likeness (QED) is 0.364. The zero-order valence-electron chi connectivity index (χ0n) is 17.2. The Kier molecular flexibility index (Phi) is 4.64. The SMILES string of the molecule is COC(=O)c1cc(-c2ccccc2)c2nc3ccccc3c-2n1-c1ccc(OC)cc1. The minimum Gasteiger partial charge on any atom is -0.497 e. The lowest BCUT2D eigenvalue weighted by atomic mass is 9.99. The molecule has 0 aliphatic carbocycles. The maximum atomic E-state index is 12.9. The summed E-state index contributed by atoms with van der Waals surface area (Å²) in [6.07, 6.45) is 0. The van der Waals surface area contributed by atoms with Crippen molar-refractivity contribution in [3.63, 3.8) is 0 Å². The second kappa shape index (κ2) is 7.61. The van der Waals surface area contributed by atoms with Crippen LogP contribution in [0, 0.1) is 0 Å². The molecule has 2 aliphatic rings. The topological polar surface area (TPSA) is 53.3 Å². The monoisotopic (exact) mass is 408 g/mol. The fraction of sp³-hybridized carbons (Fsp3) is 0.0769. The lowest BCUT2D eigenvalue weighted by Crippen LogP contribution is -2.15. The van der Waals surface area contributed by atoms with Crippen LogP contribution < -0.4 is 4.74 Å². The van der Waals surface area contributed by atoms with E-state index in [4.69, 9.17) is 14.5 Å². The molecule has 0 N–H and O–H groups in total. The van der Waals surface area contributed by atoms with Crippen LogP contribution in [0.4, 0.5) is 0 Å². The van der Waals surface area contributed by atoms with Gasteiger partial charge >= 0.3 is 5.97 Å². The summed E-state index contributed by atoms with van der Waals surface area (Å²) in [6, 6.07) is 27.4. The number of hydrogen-bond acceptors (Lipinski definition) is 4. The number of carbonyl (C=O) groups is 1. The third-order valence-electron chi connectivity index (χ3n) is 5.43. The number of esters is 1. The number of nitrogens with zero attached hydrogens (tertiary/aromatic N) is 2. The van der Waals surface area contributed by atoms with E-state index in [9.17, 15) is 4.79 Å². The molecule has 2 heterocycles. The number of benzene rings is 3. The number of rotatable bonds is 4. The third-order valence-corrected chi connectivity index (χ3v) is 5.43. The molecule has 5 rings (SSSR count). The van der Waals surface area contributed by atoms with Crippen LogP contribution in [0.15, 0.2) is 84.9 Å². The van der Waals surface area contributed by atoms with Crippen molar-refractivity contribution in [3.8, 4) is 34.0 Å². The Morgan fingerprint density at radius 2 is 1.58 bits per heavy atom. The molecule has 0 spiro atoms. The summed E-state index contributed by atoms with van der Waals surface area (Å²) in [5.74, 6) is 0.326. The molecule has 3 aromatic rings. The lowest BCUT2D eigenvalue weighted by molar-refractivity contribution is 0.0591. The average Bonchev–Trinajstić information content (AvgIpc) is 3.22. The maximum absolute atomic E-state index is 12.9. The molecular weight excluding hydrogens is 388 g/mol. The zero-order valence-corrected chi connectivity index (χ0v) is 17.2. The molecular formula is C26H20N2O3. The van der Waals surface area contributed by atoms with E-state index in [-0.39, 0.29) is 0 Å². The van der Waals surface area contributed by atoms with E-state index in [1.165, 1.54) is 7.11 Å². The van der Waals surface area contributed by atoms with Gasteiger partial charge in [0.25, 0.3) is 0 Å². The zero-order chi connectivity index (χ0) is 21.4. The number of pyridine rings is 1. The predicted molar refractivity (Wildman–Crippen MR) is 121 cm³/mol. The Hall–Kier alpha value is -4.12. The minimum absolute atomic E-state index is 0.416. The average molecular weight is 408 g/mol. The van der Waals surface area contributed by atoms with Gasteiger partial charge in [0.2, 0.25) is 0 Å². The van der Waals surface area contributed by atoms with E-state index >= 15 is 0 Å². The first kappa shape index (κ1) is 18.9. The van der Waals surface area contributed by atoms with Crippen molar-refractivity contribution in [3.05, 3.63) is 90.6 Å². The van der Waals surface area contributed by atoms with Crippen LogP contribution in [0.3, 0.4) is 0 Å². The van der Waals surface area contributed by atoms with Gasteiger partial charge in [0.05, 0.1) is 31.1 Å². The number of aromatic nitrogens is 2. The van der Waals surface area contributed by atoms with Gasteiger partial charge in [-0.2, -0.15) is 0 Å². The van der Waals surface area contributed by atoms with Crippen LogP contribution in [-0.2, 0) is 4.74 Å². The largest absolute Gasteiger partial charge is 0.497 e. The summed E-state index contributed by atoms with van der Waals surface area (Å²) in [5.41, 5.74) is 5.69. The summed E-state index contributed by atoms with van der Waals surface area (Å²) in [7, 11) is 3.03. The number of ether oxygens (including phenoxy) is 2. The number of methoxy groups -OCH3 is 2. The first-order valence-corrected chi connectivity index (χ1v) is 9.93. The summed E-state index contributed by atoms with van der Waals surface area (Å²) < 4.78 is 12.4. The first-order valence-electron chi connectivity index (χ1n) is 9.93. The normalized spacial score (nSPS) is 11.0. The second-order valence-corrected chi connectivity index (χ2v) is 7.16. The van der Waals surface area contributed by atoms with Crippen molar-refractivity contribution >= 4 is 16.9 Å². The van der Waals surface area contributed by atoms with E-state index in [2.05, 4.69) is 0 Å². The van der Waals surface area contributed by atoms with Crippen molar-refractivity contribution in [2.45, 2.75) is 0 Å². The Morgan fingerprint density at radius 1 is 0.871 bits per heavy atom. The van der Waals surface area contributed by atoms with Crippen molar-refractivity contribution in [2.75, 3.05) is 14.2 Å². The molecule has 0 unspecified atom stereocenters. The molecule has 0 radical (unpaired) electrons. The van der Waals surface area contributed by atoms with E-state index in [1.54, 1.807) is 7.11 Å². The van der Waals surface area contributed by atoms with Crippen LogP contribution in [0.2, 0.25) is 0 Å². The molecule has 0 atom stereocenters. The summed E-state index contributed by atoms with van der Waals surface area (Å²) in [5, 5.41) is 0.969. The van der Waals surface area contributed by atoms with Gasteiger partial charge in [-0.15, -0.1) is 0 Å². The Morgan fingerprint density at radius 3 is 2.29 bits per heavy atom. The highest BCUT2D eigenvalue weighted by Gasteiger charge is 2.26. The number of para-hydroxylation sites is 1. The number of hydrogen-bond donors (Lipinski definition) is 0. The van der Waals surface area contributed by atoms with Crippen LogP contribution in [0.25, 0.3) is 39.1 Å². The van der Waals surface area contributed by atoms with Gasteiger partial charge in [0.15, 0.2) is 0 Å². The highest BCUT2D eigenvalue weighted by Crippen LogP contribution is 2.41. The molecule has 0 bridgehead atoms. The Balaban J connectivity index is 1.93. The maximum Gasteiger partial charge on any atom is 0.355 e. The highest BCUT2D eigenvalue weighted by atomic mass is 16.5. The van der Waals surface area contributed by atoms with Crippen molar-refractivity contribution < 1.29 is 14.3 Å². The van der Waals surface area contributed by atoms with Gasteiger partial charge in [-0.1, -0.05) is 48.5 Å². The Bertz CT molecular complexity index is 1360. The van der Waals surface area contributed by atoms with Crippen LogP contribution >= 0.6 is 0 Å². The van der Waals surface area contributed by atoms with Crippen LogP contribution in [-0.4, -0.2) is 29.7 Å². The molecule has 0 saturated heterocycles. The number of fused-ring (bicyclic) bond motifs is 3. The summed E-state index contributed by atoms with van der Waals surface area (Å²) >= 11 is 0. The van der Waals surface area contributed by atoms with Gasteiger partial charge in [0, 0.05) is 16.6 Å². The highest BCUT2D eigenvalue weighted by molar-refractivity contribution is 6.04. The van der Waals surface area contributed by atoms with Crippen LogP contribution in [0.5, 0.6) is 5.75 Å². The van der Waals surface area contributed by atoms with Gasteiger partial charge in [-0.05, 0) is 42.0 Å². The minimum atomic E-state index is -0.416. The van der Waals surface area contributed by atoms with E-state index < -0.39 is 5.97 Å². The first-order chi connectivity index (χ1) is 15.2. The molecule has 5 nitrogen and oxygen atoms in total. The van der Waals surface area contributed by atoms with Gasteiger partial charge in [-0.25, -0.2) is 9.78 Å². The van der Waals surface area contributed by atoms with E-state index in [0.717, 1.165) is 44.9 Å². The smallest absolute Gasteiger partial charge is 0.355 e. The lowest BCUT2D eigenvalue weighted by Gasteiger charge is -2.20. The van der Waals surface area contributed by atoms with Crippen molar-refractivity contribution in [1.29, 1.82) is 0 Å². The van der Waals surface area contributed by atoms with Crippen molar-refractivity contribution in [1.82, 2.24) is 9.55 Å². The molecule has 0 saturated carbocycles. The third kappa shape index (κ3) is 3.11. The Labute approximate surface area is 179 Å². The fourth-order valence-corrected chi connectivity index (χ4v) is 3.97. The summed E-state index contributed by atoms with van der Waals surface area (Å²) in [6.45, 7) is 0. The summed E-state index contributed by atoms with van der Waals surface area (Å²) in [4.78, 5) is 17.9. The van der Waals surface area contributed by atoms with Crippen LogP contribution in [0.1, 0.15) is 10.5 Å². The second-order valence-electron chi connectivity index (χ2n) is 7.16. The molecule has 2 aliphatic heterocycles. The van der Waals surface area contributed by atoms with Crippen molar-refractivity contribution in [2.24, 2.45) is 0 Å². The molecule has 5 heteroatoms. The molecule has 152 valence electrons. The molecule has 0 amide bonds. The molecule has 0 aromatic heterocycles. The molecule has 3 aromatic carbocycles. The standard InChI is InChI=1S/C26H20N2O3/c1-30-19-14-12-18(13-15-19)28-23(26(29)31-2)16-21(17-8-4-3-5-9-17)24-25(28)20-10-6-7-11-22(20)27-24/h3-16H,1-2H3. The van der Waals surface area contributed by atoms with Gasteiger partial charge in [-0.3, -0.25) is 0 Å². The number of carbonyl (C=O) groups excluding carboxylic acids is 1. The predicted octanol–water partition coefficient (Wildman–Crippen LogP) is 5.59. The fourth-order valence-electron chi connectivity index (χ4n) is 3.97. The van der Waals surface area contributed by atoms with Gasteiger partial charge < -0.3 is 14.0 Å². The van der Waals surface area contributed by atoms with Gasteiger partial charge in [0.1, 0.15) is 11.4 Å². The molecule has 31 heavy (non-hydrogen) atoms. The van der Waals surface area contributed by atoms with E-state index in [0.29, 0.717) is 5.69 Å². The molecule has 0 fully saturated rings.